The summed E-state index contributed by atoms with van der Waals surface area (Å²) in [6.45, 7) is 4.37. The third-order valence-corrected chi connectivity index (χ3v) is 5.44. The molecule has 1 fully saturated rings. The average Bonchev–Trinajstić information content (AvgIpc) is 2.81. The summed E-state index contributed by atoms with van der Waals surface area (Å²) < 4.78 is 1.20. The van der Waals surface area contributed by atoms with Crippen molar-refractivity contribution in [2.45, 2.75) is 44.7 Å². The van der Waals surface area contributed by atoms with Crippen molar-refractivity contribution in [1.82, 2.24) is 4.90 Å². The highest BCUT2D eigenvalue weighted by atomic mass is 79.9. The zero-order valence-electron chi connectivity index (χ0n) is 11.6. The molecule has 2 aliphatic rings. The molecule has 0 spiro atoms. The van der Waals surface area contributed by atoms with Crippen molar-refractivity contribution in [2.24, 2.45) is 11.7 Å². The van der Waals surface area contributed by atoms with E-state index in [1.807, 2.05) is 0 Å². The number of hydrogen-bond acceptors (Lipinski definition) is 2. The van der Waals surface area contributed by atoms with Crippen LogP contribution in [0.15, 0.2) is 22.7 Å². The highest BCUT2D eigenvalue weighted by Crippen LogP contribution is 2.40. The summed E-state index contributed by atoms with van der Waals surface area (Å²) in [5, 5.41) is 0. The number of benzene rings is 1. The van der Waals surface area contributed by atoms with Crippen molar-refractivity contribution in [3.8, 4) is 0 Å². The number of aryl methyl sites for hydroxylation is 1. The van der Waals surface area contributed by atoms with Crippen molar-refractivity contribution in [3.05, 3.63) is 33.8 Å². The number of hydrogen-bond donors (Lipinski definition) is 1. The number of halogens is 1. The Labute approximate surface area is 124 Å². The number of piperidine rings is 1. The molecule has 1 aliphatic carbocycles. The Hall–Kier alpha value is -0.380. The van der Waals surface area contributed by atoms with Crippen LogP contribution in [0.2, 0.25) is 0 Å². The van der Waals surface area contributed by atoms with Gasteiger partial charge in [0.2, 0.25) is 0 Å². The van der Waals surface area contributed by atoms with Crippen molar-refractivity contribution >= 4 is 15.9 Å². The van der Waals surface area contributed by atoms with Gasteiger partial charge >= 0.3 is 0 Å². The lowest BCUT2D eigenvalue weighted by Crippen LogP contribution is -2.49. The maximum Gasteiger partial charge on any atom is 0.0357 e. The first-order valence-electron chi connectivity index (χ1n) is 7.45. The second-order valence-electron chi connectivity index (χ2n) is 6.06. The van der Waals surface area contributed by atoms with Crippen molar-refractivity contribution in [2.75, 3.05) is 13.1 Å². The van der Waals surface area contributed by atoms with E-state index in [1.54, 1.807) is 0 Å². The van der Waals surface area contributed by atoms with Crippen LogP contribution in [0.25, 0.3) is 0 Å². The Bertz CT molecular complexity index is 460. The second-order valence-corrected chi connectivity index (χ2v) is 6.97. The quantitative estimate of drug-likeness (QED) is 0.903. The van der Waals surface area contributed by atoms with Gasteiger partial charge in [0.1, 0.15) is 0 Å². The first-order chi connectivity index (χ1) is 9.20. The molecular weight excluding hydrogens is 300 g/mol. The SMILES string of the molecule is CC1CCCN(C2CCc3cc(Br)ccc32)C1CN. The molecule has 1 aliphatic heterocycles. The molecule has 1 aromatic carbocycles. The summed E-state index contributed by atoms with van der Waals surface area (Å²) in [6, 6.07) is 7.94. The molecule has 0 bridgehead atoms. The largest absolute Gasteiger partial charge is 0.329 e. The number of likely N-dealkylation sites (tertiary alicyclic amines) is 1. The smallest absolute Gasteiger partial charge is 0.0357 e. The van der Waals surface area contributed by atoms with Crippen LogP contribution in [0.1, 0.15) is 43.4 Å². The summed E-state index contributed by atoms with van der Waals surface area (Å²) in [5.74, 6) is 0.734. The number of rotatable bonds is 2. The molecule has 3 unspecified atom stereocenters. The van der Waals surface area contributed by atoms with E-state index in [1.165, 1.54) is 47.8 Å². The Balaban J connectivity index is 1.88. The zero-order valence-corrected chi connectivity index (χ0v) is 13.2. The third-order valence-electron chi connectivity index (χ3n) is 4.95. The minimum absolute atomic E-state index is 0.563. The van der Waals surface area contributed by atoms with Gasteiger partial charge in [-0.2, -0.15) is 0 Å². The normalized spacial score (nSPS) is 31.4. The van der Waals surface area contributed by atoms with Crippen LogP contribution in [0.4, 0.5) is 0 Å². The van der Waals surface area contributed by atoms with Crippen LogP contribution in [0, 0.1) is 5.92 Å². The first kappa shape index (κ1) is 13.6. The number of nitrogens with zero attached hydrogens (tertiary/aromatic N) is 1. The van der Waals surface area contributed by atoms with Crippen LogP contribution in [0.5, 0.6) is 0 Å². The predicted octanol–water partition coefficient (Wildman–Crippen LogP) is 3.50. The zero-order chi connectivity index (χ0) is 13.4. The van der Waals surface area contributed by atoms with Gasteiger partial charge in [0.05, 0.1) is 0 Å². The molecule has 1 saturated heterocycles. The Morgan fingerprint density at radius 2 is 2.21 bits per heavy atom. The molecular formula is C16H23BrN2. The van der Waals surface area contributed by atoms with Crippen LogP contribution in [-0.4, -0.2) is 24.0 Å². The maximum absolute atomic E-state index is 6.05. The molecule has 2 N–H and O–H groups in total. The molecule has 0 radical (unpaired) electrons. The van der Waals surface area contributed by atoms with Gasteiger partial charge in [-0.3, -0.25) is 4.90 Å². The van der Waals surface area contributed by atoms with Crippen LogP contribution in [0.3, 0.4) is 0 Å². The van der Waals surface area contributed by atoms with E-state index < -0.39 is 0 Å². The molecule has 0 saturated carbocycles. The number of nitrogens with two attached hydrogens (primary N) is 1. The summed E-state index contributed by atoms with van der Waals surface area (Å²) in [7, 11) is 0. The van der Waals surface area contributed by atoms with Gasteiger partial charge in [0, 0.05) is 23.1 Å². The fourth-order valence-corrected chi connectivity index (χ4v) is 4.35. The maximum atomic E-state index is 6.05. The van der Waals surface area contributed by atoms with Crippen LogP contribution >= 0.6 is 15.9 Å². The van der Waals surface area contributed by atoms with Crippen LogP contribution < -0.4 is 5.73 Å². The lowest BCUT2D eigenvalue weighted by molar-refractivity contribution is 0.0620. The van der Waals surface area contributed by atoms with E-state index in [0.717, 1.165) is 12.5 Å². The van der Waals surface area contributed by atoms with E-state index in [4.69, 9.17) is 5.73 Å². The summed E-state index contributed by atoms with van der Waals surface area (Å²) in [5.41, 5.74) is 9.11. The standard InChI is InChI=1S/C16H23BrN2/c1-11-3-2-8-19(16(11)10-18)15-7-4-12-9-13(17)5-6-14(12)15/h5-6,9,11,15-16H,2-4,7-8,10,18H2,1H3. The molecule has 3 atom stereocenters. The highest BCUT2D eigenvalue weighted by Gasteiger charge is 2.35. The minimum atomic E-state index is 0.563. The first-order valence-corrected chi connectivity index (χ1v) is 8.24. The fraction of sp³-hybridized carbons (Fsp3) is 0.625. The molecule has 1 heterocycles. The van der Waals surface area contributed by atoms with Crippen molar-refractivity contribution in [1.29, 1.82) is 0 Å². The molecule has 3 rings (SSSR count). The minimum Gasteiger partial charge on any atom is -0.329 e. The van der Waals surface area contributed by atoms with Gasteiger partial charge in [-0.15, -0.1) is 0 Å². The summed E-state index contributed by atoms with van der Waals surface area (Å²) in [6.07, 6.45) is 5.12. The van der Waals surface area contributed by atoms with Gasteiger partial charge < -0.3 is 5.73 Å². The van der Waals surface area contributed by atoms with Crippen molar-refractivity contribution < 1.29 is 0 Å². The Morgan fingerprint density at radius 1 is 1.37 bits per heavy atom. The third kappa shape index (κ3) is 2.48. The topological polar surface area (TPSA) is 29.3 Å². The monoisotopic (exact) mass is 322 g/mol. The number of fused-ring (bicyclic) bond motifs is 1. The summed E-state index contributed by atoms with van der Waals surface area (Å²) >= 11 is 3.58. The van der Waals surface area contributed by atoms with Crippen LogP contribution in [-0.2, 0) is 6.42 Å². The van der Waals surface area contributed by atoms with E-state index in [9.17, 15) is 0 Å². The molecule has 3 heteroatoms. The van der Waals surface area contributed by atoms with Crippen molar-refractivity contribution in [3.63, 3.8) is 0 Å². The van der Waals surface area contributed by atoms with Gasteiger partial charge in [0.15, 0.2) is 0 Å². The van der Waals surface area contributed by atoms with Gasteiger partial charge in [0.25, 0.3) is 0 Å². The van der Waals surface area contributed by atoms with Gasteiger partial charge in [-0.25, -0.2) is 0 Å². The molecule has 0 aromatic heterocycles. The summed E-state index contributed by atoms with van der Waals surface area (Å²) in [4.78, 5) is 2.69. The molecule has 104 valence electrons. The molecule has 0 amide bonds. The lowest BCUT2D eigenvalue weighted by Gasteiger charge is -2.43. The predicted molar refractivity (Wildman–Crippen MR) is 83.2 cm³/mol. The molecule has 19 heavy (non-hydrogen) atoms. The van der Waals surface area contributed by atoms with Gasteiger partial charge in [-0.1, -0.05) is 28.9 Å². The van der Waals surface area contributed by atoms with E-state index in [-0.39, 0.29) is 0 Å². The Kier molecular flexibility index (Phi) is 3.97. The van der Waals surface area contributed by atoms with E-state index in [2.05, 4.69) is 46.0 Å². The molecule has 2 nitrogen and oxygen atoms in total. The Morgan fingerprint density at radius 3 is 3.00 bits per heavy atom. The lowest BCUT2D eigenvalue weighted by atomic mass is 9.88. The highest BCUT2D eigenvalue weighted by molar-refractivity contribution is 9.10. The molecule has 1 aromatic rings. The van der Waals surface area contributed by atoms with E-state index in [0.29, 0.717) is 12.1 Å². The van der Waals surface area contributed by atoms with Gasteiger partial charge in [-0.05, 0) is 61.4 Å². The van der Waals surface area contributed by atoms with E-state index >= 15 is 0 Å². The second kappa shape index (κ2) is 5.55. The fourth-order valence-electron chi connectivity index (χ4n) is 3.94. The average molecular weight is 323 g/mol.